The third-order valence-electron chi connectivity index (χ3n) is 3.13. The smallest absolute Gasteiger partial charge is 0.238 e. The summed E-state index contributed by atoms with van der Waals surface area (Å²) in [5.41, 5.74) is 0.270. The van der Waals surface area contributed by atoms with Crippen molar-refractivity contribution in [1.82, 2.24) is 16.0 Å². The molecule has 2 unspecified atom stereocenters. The lowest BCUT2D eigenvalue weighted by Gasteiger charge is -2.28. The molecule has 1 aliphatic rings. The van der Waals surface area contributed by atoms with Gasteiger partial charge >= 0.3 is 0 Å². The van der Waals surface area contributed by atoms with E-state index < -0.39 is 11.6 Å². The first-order chi connectivity index (χ1) is 9.06. The van der Waals surface area contributed by atoms with Crippen molar-refractivity contribution in [2.24, 2.45) is 0 Å². The first-order valence-electron chi connectivity index (χ1n) is 6.24. The standard InChI is InChI=1S/C13H17F2N3O/c1-8-5-17-12(7-16-8)13(19)18-6-9-2-3-10(14)4-11(9)15/h2-4,8,12,16-17H,5-7H2,1H3,(H,18,19). The Kier molecular flexibility index (Phi) is 4.44. The van der Waals surface area contributed by atoms with Gasteiger partial charge in [0.15, 0.2) is 0 Å². The Balaban J connectivity index is 1.86. The number of hydrogen-bond acceptors (Lipinski definition) is 3. The van der Waals surface area contributed by atoms with Crippen LogP contribution in [0.1, 0.15) is 12.5 Å². The number of hydrogen-bond donors (Lipinski definition) is 3. The molecule has 0 bridgehead atoms. The highest BCUT2D eigenvalue weighted by atomic mass is 19.1. The van der Waals surface area contributed by atoms with Crippen LogP contribution < -0.4 is 16.0 Å². The van der Waals surface area contributed by atoms with Gasteiger partial charge in [-0.25, -0.2) is 8.78 Å². The van der Waals surface area contributed by atoms with E-state index in [0.29, 0.717) is 19.1 Å². The normalized spacial score (nSPS) is 23.1. The Labute approximate surface area is 110 Å². The highest BCUT2D eigenvalue weighted by Crippen LogP contribution is 2.09. The maximum absolute atomic E-state index is 13.4. The number of benzene rings is 1. The van der Waals surface area contributed by atoms with E-state index in [2.05, 4.69) is 16.0 Å². The molecule has 1 aromatic carbocycles. The van der Waals surface area contributed by atoms with Crippen LogP contribution >= 0.6 is 0 Å². The fraction of sp³-hybridized carbons (Fsp3) is 0.462. The Morgan fingerprint density at radius 2 is 2.16 bits per heavy atom. The van der Waals surface area contributed by atoms with Gasteiger partial charge in [0.1, 0.15) is 11.6 Å². The number of carbonyl (C=O) groups excluding carboxylic acids is 1. The number of piperazine rings is 1. The van der Waals surface area contributed by atoms with Gasteiger partial charge in [0, 0.05) is 37.3 Å². The van der Waals surface area contributed by atoms with Gasteiger partial charge in [0.2, 0.25) is 5.91 Å². The molecule has 1 aliphatic heterocycles. The van der Waals surface area contributed by atoms with Gasteiger partial charge in [-0.2, -0.15) is 0 Å². The van der Waals surface area contributed by atoms with Crippen LogP contribution in [0.3, 0.4) is 0 Å². The summed E-state index contributed by atoms with van der Waals surface area (Å²) in [4.78, 5) is 11.8. The second-order valence-electron chi connectivity index (χ2n) is 4.72. The summed E-state index contributed by atoms with van der Waals surface area (Å²) in [5, 5.41) is 8.92. The largest absolute Gasteiger partial charge is 0.351 e. The minimum Gasteiger partial charge on any atom is -0.351 e. The van der Waals surface area contributed by atoms with Gasteiger partial charge in [-0.05, 0) is 13.0 Å². The molecule has 19 heavy (non-hydrogen) atoms. The zero-order valence-corrected chi connectivity index (χ0v) is 10.7. The predicted octanol–water partition coefficient (Wildman–Crippen LogP) is 0.531. The van der Waals surface area contributed by atoms with Crippen LogP contribution in [0.5, 0.6) is 0 Å². The van der Waals surface area contributed by atoms with Crippen LogP contribution in [0.4, 0.5) is 8.78 Å². The Hall–Kier alpha value is -1.53. The molecular weight excluding hydrogens is 252 g/mol. The molecule has 104 valence electrons. The monoisotopic (exact) mass is 269 g/mol. The molecule has 1 fully saturated rings. The second-order valence-corrected chi connectivity index (χ2v) is 4.72. The van der Waals surface area contributed by atoms with Gasteiger partial charge in [-0.1, -0.05) is 6.07 Å². The van der Waals surface area contributed by atoms with Crippen LogP contribution in [0, 0.1) is 11.6 Å². The summed E-state index contributed by atoms with van der Waals surface area (Å²) in [7, 11) is 0. The van der Waals surface area contributed by atoms with Gasteiger partial charge < -0.3 is 16.0 Å². The molecule has 6 heteroatoms. The highest BCUT2D eigenvalue weighted by Gasteiger charge is 2.22. The first kappa shape index (κ1) is 13.9. The molecular formula is C13H17F2N3O. The van der Waals surface area contributed by atoms with E-state index in [0.717, 1.165) is 6.07 Å². The van der Waals surface area contributed by atoms with Crippen molar-refractivity contribution in [1.29, 1.82) is 0 Å². The Bertz CT molecular complexity index is 459. The van der Waals surface area contributed by atoms with Crippen molar-refractivity contribution < 1.29 is 13.6 Å². The van der Waals surface area contributed by atoms with E-state index in [9.17, 15) is 13.6 Å². The van der Waals surface area contributed by atoms with Crippen molar-refractivity contribution in [3.8, 4) is 0 Å². The van der Waals surface area contributed by atoms with Crippen LogP contribution in [0.2, 0.25) is 0 Å². The van der Waals surface area contributed by atoms with Crippen molar-refractivity contribution in [2.45, 2.75) is 25.6 Å². The maximum atomic E-state index is 13.4. The number of nitrogens with one attached hydrogen (secondary N) is 3. The predicted molar refractivity (Wildman–Crippen MR) is 67.5 cm³/mol. The molecule has 1 heterocycles. The number of rotatable bonds is 3. The molecule has 2 atom stereocenters. The number of halogens is 2. The summed E-state index contributed by atoms with van der Waals surface area (Å²) in [6, 6.07) is 3.33. The molecule has 0 aliphatic carbocycles. The van der Waals surface area contributed by atoms with E-state index in [-0.39, 0.29) is 24.1 Å². The van der Waals surface area contributed by atoms with Gasteiger partial charge in [0.05, 0.1) is 6.04 Å². The molecule has 0 spiro atoms. The Morgan fingerprint density at radius 3 is 2.79 bits per heavy atom. The minimum atomic E-state index is -0.649. The average Bonchev–Trinajstić information content (AvgIpc) is 2.38. The van der Waals surface area contributed by atoms with E-state index in [1.165, 1.54) is 12.1 Å². The van der Waals surface area contributed by atoms with Crippen LogP contribution in [0.25, 0.3) is 0 Å². The lowest BCUT2D eigenvalue weighted by molar-refractivity contribution is -0.123. The van der Waals surface area contributed by atoms with Crippen LogP contribution in [-0.2, 0) is 11.3 Å². The quantitative estimate of drug-likeness (QED) is 0.750. The zero-order valence-electron chi connectivity index (χ0n) is 10.7. The summed E-state index contributed by atoms with van der Waals surface area (Å²) < 4.78 is 26.1. The van der Waals surface area contributed by atoms with Crippen molar-refractivity contribution >= 4 is 5.91 Å². The van der Waals surface area contributed by atoms with E-state index >= 15 is 0 Å². The third-order valence-corrected chi connectivity index (χ3v) is 3.13. The van der Waals surface area contributed by atoms with Crippen molar-refractivity contribution in [3.05, 3.63) is 35.4 Å². The summed E-state index contributed by atoms with van der Waals surface area (Å²) >= 11 is 0. The molecule has 0 saturated carbocycles. The lowest BCUT2D eigenvalue weighted by Crippen LogP contribution is -2.58. The fourth-order valence-electron chi connectivity index (χ4n) is 1.94. The first-order valence-corrected chi connectivity index (χ1v) is 6.24. The number of carbonyl (C=O) groups is 1. The van der Waals surface area contributed by atoms with Crippen molar-refractivity contribution in [3.63, 3.8) is 0 Å². The molecule has 1 amide bonds. The van der Waals surface area contributed by atoms with Gasteiger partial charge in [0.25, 0.3) is 0 Å². The van der Waals surface area contributed by atoms with E-state index in [1.807, 2.05) is 6.92 Å². The van der Waals surface area contributed by atoms with Gasteiger partial charge in [-0.15, -0.1) is 0 Å². The Morgan fingerprint density at radius 1 is 1.37 bits per heavy atom. The SMILES string of the molecule is CC1CNC(C(=O)NCc2ccc(F)cc2F)CN1. The lowest BCUT2D eigenvalue weighted by atomic mass is 10.1. The molecule has 1 saturated heterocycles. The highest BCUT2D eigenvalue weighted by molar-refractivity contribution is 5.82. The van der Waals surface area contributed by atoms with Crippen LogP contribution in [0.15, 0.2) is 18.2 Å². The topological polar surface area (TPSA) is 53.2 Å². The number of amides is 1. The third kappa shape index (κ3) is 3.71. The van der Waals surface area contributed by atoms with Crippen molar-refractivity contribution in [2.75, 3.05) is 13.1 Å². The fourth-order valence-corrected chi connectivity index (χ4v) is 1.94. The zero-order chi connectivity index (χ0) is 13.8. The van der Waals surface area contributed by atoms with Crippen LogP contribution in [-0.4, -0.2) is 31.1 Å². The summed E-state index contributed by atoms with van der Waals surface area (Å²) in [6.07, 6.45) is 0. The molecule has 2 rings (SSSR count). The van der Waals surface area contributed by atoms with Gasteiger partial charge in [-0.3, -0.25) is 4.79 Å². The molecule has 4 nitrogen and oxygen atoms in total. The minimum absolute atomic E-state index is 0.0542. The molecule has 0 radical (unpaired) electrons. The maximum Gasteiger partial charge on any atom is 0.238 e. The molecule has 0 aromatic heterocycles. The second kappa shape index (κ2) is 6.08. The summed E-state index contributed by atoms with van der Waals surface area (Å²) in [5.74, 6) is -1.47. The van der Waals surface area contributed by atoms with E-state index in [1.54, 1.807) is 0 Å². The average molecular weight is 269 g/mol. The summed E-state index contributed by atoms with van der Waals surface area (Å²) in [6.45, 7) is 3.33. The molecule has 3 N–H and O–H groups in total. The molecule has 1 aromatic rings. The van der Waals surface area contributed by atoms with E-state index in [4.69, 9.17) is 0 Å².